The molecule has 0 spiro atoms. The number of rotatable bonds is 1. The van der Waals surface area contributed by atoms with E-state index in [1.807, 2.05) is 12.1 Å². The van der Waals surface area contributed by atoms with Crippen molar-refractivity contribution in [3.05, 3.63) is 60.7 Å². The predicted molar refractivity (Wildman–Crippen MR) is 67.7 cm³/mol. The molecule has 2 aromatic rings. The molecule has 0 aliphatic carbocycles. The Labute approximate surface area is 107 Å². The maximum atomic E-state index is 2.12. The Balaban J connectivity index is 0.000000845. The first-order valence-electron chi connectivity index (χ1n) is 4.07. The molecule has 0 saturated heterocycles. The Hall–Kier alpha value is -0.504. The van der Waals surface area contributed by atoms with Crippen LogP contribution in [0.2, 0.25) is 0 Å². The minimum atomic E-state index is 0. The highest BCUT2D eigenvalue weighted by molar-refractivity contribution is 5.85. The van der Waals surface area contributed by atoms with Crippen molar-refractivity contribution in [1.29, 1.82) is 0 Å². The van der Waals surface area contributed by atoms with Gasteiger partial charge in [0.1, 0.15) is 0 Å². The zero-order valence-corrected chi connectivity index (χ0v) is 8.00. The first-order chi connectivity index (χ1) is 5.97. The molecule has 14 heavy (non-hydrogen) atoms. The fraction of sp³-hybridized carbons (Fsp3) is 0. The lowest BCUT2D eigenvalue weighted by molar-refractivity contribution is 1.62. The molecule has 2 rings (SSSR count). The fourth-order valence-corrected chi connectivity index (χ4v) is 1.26. The van der Waals surface area contributed by atoms with E-state index in [0.717, 1.165) is 0 Å². The van der Waals surface area contributed by atoms with Crippen LogP contribution in [-0.4, -0.2) is 23.1 Å². The summed E-state index contributed by atoms with van der Waals surface area (Å²) in [5.41, 5.74) is 2.55. The molecule has 0 unspecified atom stereocenters. The van der Waals surface area contributed by atoms with Crippen LogP contribution in [0.1, 0.15) is 0 Å². The molecule has 0 N–H and O–H groups in total. The summed E-state index contributed by atoms with van der Waals surface area (Å²) >= 11 is 0. The molecule has 70 valence electrons. The van der Waals surface area contributed by atoms with Gasteiger partial charge in [-0.3, -0.25) is 0 Å². The van der Waals surface area contributed by atoms with E-state index in [2.05, 4.69) is 48.5 Å². The predicted octanol–water partition coefficient (Wildman–Crippen LogP) is 2.86. The van der Waals surface area contributed by atoms with Crippen molar-refractivity contribution >= 4 is 35.5 Å². The summed E-state index contributed by atoms with van der Waals surface area (Å²) in [5, 5.41) is 0. The maximum absolute atomic E-state index is 2.12. The molecule has 0 amide bonds. The number of hydrogen-bond donors (Lipinski definition) is 0. The van der Waals surface area contributed by atoms with Gasteiger partial charge in [-0.2, -0.15) is 0 Å². The number of hydrogen-bond acceptors (Lipinski definition) is 0. The van der Waals surface area contributed by atoms with Crippen molar-refractivity contribution in [2.24, 2.45) is 0 Å². The van der Waals surface area contributed by atoms with Crippen molar-refractivity contribution in [2.45, 2.75) is 0 Å². The zero-order valence-electron chi connectivity index (χ0n) is 7.18. The summed E-state index contributed by atoms with van der Waals surface area (Å²) < 4.78 is 0. The molecule has 0 fully saturated rings. The third-order valence-electron chi connectivity index (χ3n) is 1.88. The SMILES string of the molecule is Cl.[MgH2].c1ccc(-c2ccccc2)cc1. The molecule has 0 aliphatic rings. The molecule has 0 saturated carbocycles. The second kappa shape index (κ2) is 6.88. The van der Waals surface area contributed by atoms with Crippen LogP contribution >= 0.6 is 12.4 Å². The molecular formula is C12H13ClMg. The van der Waals surface area contributed by atoms with Gasteiger partial charge in [0.25, 0.3) is 0 Å². The van der Waals surface area contributed by atoms with E-state index in [-0.39, 0.29) is 35.5 Å². The molecule has 2 aromatic carbocycles. The highest BCUT2D eigenvalue weighted by Gasteiger charge is 1.91. The van der Waals surface area contributed by atoms with Gasteiger partial charge in [-0.05, 0) is 11.1 Å². The van der Waals surface area contributed by atoms with Gasteiger partial charge in [-0.1, -0.05) is 60.7 Å². The molecule has 2 heteroatoms. The van der Waals surface area contributed by atoms with Gasteiger partial charge in [0.05, 0.1) is 0 Å². The Morgan fingerprint density at radius 2 is 0.786 bits per heavy atom. The average Bonchev–Trinajstić information content (AvgIpc) is 2.21. The largest absolute Gasteiger partial charge is 0.316 e. The van der Waals surface area contributed by atoms with E-state index in [1.165, 1.54) is 11.1 Å². The number of halogens is 1. The molecule has 0 nitrogen and oxygen atoms in total. The van der Waals surface area contributed by atoms with Crippen molar-refractivity contribution in [1.82, 2.24) is 0 Å². The molecule has 0 aromatic heterocycles. The van der Waals surface area contributed by atoms with Gasteiger partial charge in [0.2, 0.25) is 0 Å². The van der Waals surface area contributed by atoms with E-state index < -0.39 is 0 Å². The lowest BCUT2D eigenvalue weighted by atomic mass is 10.1. The summed E-state index contributed by atoms with van der Waals surface area (Å²) in [4.78, 5) is 0. The van der Waals surface area contributed by atoms with Crippen LogP contribution in [-0.2, 0) is 0 Å². The molecule has 0 atom stereocenters. The van der Waals surface area contributed by atoms with Gasteiger partial charge < -0.3 is 0 Å². The van der Waals surface area contributed by atoms with E-state index in [1.54, 1.807) is 0 Å². The minimum Gasteiger partial charge on any atom is -0.147 e. The first-order valence-corrected chi connectivity index (χ1v) is 4.07. The zero-order chi connectivity index (χ0) is 8.23. The Morgan fingerprint density at radius 1 is 0.500 bits per heavy atom. The fourth-order valence-electron chi connectivity index (χ4n) is 1.26. The Bertz CT molecular complexity index is 308. The minimum absolute atomic E-state index is 0. The summed E-state index contributed by atoms with van der Waals surface area (Å²) in [6.07, 6.45) is 0. The van der Waals surface area contributed by atoms with Crippen molar-refractivity contribution in [3.63, 3.8) is 0 Å². The second-order valence-electron chi connectivity index (χ2n) is 2.73. The quantitative estimate of drug-likeness (QED) is 0.644. The van der Waals surface area contributed by atoms with Crippen LogP contribution in [0, 0.1) is 0 Å². The summed E-state index contributed by atoms with van der Waals surface area (Å²) in [6.45, 7) is 0. The van der Waals surface area contributed by atoms with Crippen LogP contribution in [0.25, 0.3) is 11.1 Å². The monoisotopic (exact) mass is 216 g/mol. The van der Waals surface area contributed by atoms with Crippen molar-refractivity contribution in [2.75, 3.05) is 0 Å². The van der Waals surface area contributed by atoms with Gasteiger partial charge in [-0.15, -0.1) is 12.4 Å². The van der Waals surface area contributed by atoms with Crippen LogP contribution < -0.4 is 0 Å². The third-order valence-corrected chi connectivity index (χ3v) is 1.88. The topological polar surface area (TPSA) is 0 Å². The molecule has 0 aliphatic heterocycles. The van der Waals surface area contributed by atoms with E-state index in [0.29, 0.717) is 0 Å². The summed E-state index contributed by atoms with van der Waals surface area (Å²) in [6, 6.07) is 20.8. The van der Waals surface area contributed by atoms with Crippen LogP contribution in [0.15, 0.2) is 60.7 Å². The standard InChI is InChI=1S/C12H10.ClH.Mg.2H/c1-3-7-11(8-4-1)12-9-5-2-6-10-12;;;;/h1-10H;1H;;;. The third kappa shape index (κ3) is 3.33. The summed E-state index contributed by atoms with van der Waals surface area (Å²) in [7, 11) is 0. The average molecular weight is 217 g/mol. The smallest absolute Gasteiger partial charge is 0.147 e. The highest BCUT2D eigenvalue weighted by atomic mass is 35.5. The summed E-state index contributed by atoms with van der Waals surface area (Å²) in [5.74, 6) is 0. The lowest BCUT2D eigenvalue weighted by Crippen LogP contribution is -1.73. The second-order valence-corrected chi connectivity index (χ2v) is 2.73. The molecular weight excluding hydrogens is 204 g/mol. The molecule has 0 radical (unpaired) electrons. The highest BCUT2D eigenvalue weighted by Crippen LogP contribution is 2.17. The maximum Gasteiger partial charge on any atom is 0.316 e. The normalized spacial score (nSPS) is 8.29. The van der Waals surface area contributed by atoms with Crippen LogP contribution in [0.5, 0.6) is 0 Å². The molecule has 0 heterocycles. The Morgan fingerprint density at radius 3 is 1.07 bits per heavy atom. The van der Waals surface area contributed by atoms with Gasteiger partial charge in [0.15, 0.2) is 0 Å². The first kappa shape index (κ1) is 13.5. The van der Waals surface area contributed by atoms with E-state index >= 15 is 0 Å². The molecule has 0 bridgehead atoms. The van der Waals surface area contributed by atoms with Crippen LogP contribution in [0.4, 0.5) is 0 Å². The van der Waals surface area contributed by atoms with Gasteiger partial charge in [0, 0.05) is 0 Å². The number of benzene rings is 2. The lowest BCUT2D eigenvalue weighted by Gasteiger charge is -1.98. The van der Waals surface area contributed by atoms with Gasteiger partial charge >= 0.3 is 23.1 Å². The van der Waals surface area contributed by atoms with Crippen LogP contribution in [0.3, 0.4) is 0 Å². The van der Waals surface area contributed by atoms with Crippen molar-refractivity contribution in [3.8, 4) is 11.1 Å². The van der Waals surface area contributed by atoms with Crippen molar-refractivity contribution < 1.29 is 0 Å². The van der Waals surface area contributed by atoms with E-state index in [4.69, 9.17) is 0 Å². The Kier molecular flexibility index (Phi) is 6.63. The van der Waals surface area contributed by atoms with Gasteiger partial charge in [-0.25, -0.2) is 0 Å². The van der Waals surface area contributed by atoms with E-state index in [9.17, 15) is 0 Å².